The SMILES string of the molecule is Cn1c(Nc2nc3ccc(Cl)cc3s2)nc2cc(C(=O)NCC3CCC(CO)CC3)ccc21. The molecule has 172 valence electrons. The van der Waals surface area contributed by atoms with Crippen LogP contribution in [0.3, 0.4) is 0 Å². The van der Waals surface area contributed by atoms with E-state index in [0.29, 0.717) is 34.9 Å². The van der Waals surface area contributed by atoms with Gasteiger partial charge in [-0.2, -0.15) is 0 Å². The summed E-state index contributed by atoms with van der Waals surface area (Å²) in [5.74, 6) is 1.49. The monoisotopic (exact) mass is 483 g/mol. The van der Waals surface area contributed by atoms with Gasteiger partial charge in [0.2, 0.25) is 5.95 Å². The van der Waals surface area contributed by atoms with Crippen molar-refractivity contribution in [1.29, 1.82) is 0 Å². The number of amides is 1. The topological polar surface area (TPSA) is 92.1 Å². The molecule has 7 nitrogen and oxygen atoms in total. The molecule has 0 saturated heterocycles. The number of hydrogen-bond acceptors (Lipinski definition) is 6. The summed E-state index contributed by atoms with van der Waals surface area (Å²) in [5, 5.41) is 17.1. The predicted octanol–water partition coefficient (Wildman–Crippen LogP) is 5.11. The van der Waals surface area contributed by atoms with Gasteiger partial charge in [0.15, 0.2) is 5.13 Å². The van der Waals surface area contributed by atoms with Crippen molar-refractivity contribution < 1.29 is 9.90 Å². The fourth-order valence-electron chi connectivity index (χ4n) is 4.46. The average Bonchev–Trinajstić information content (AvgIpc) is 3.37. The highest BCUT2D eigenvalue weighted by Crippen LogP contribution is 2.31. The number of aromatic nitrogens is 3. The van der Waals surface area contributed by atoms with Gasteiger partial charge in [0.05, 0.1) is 21.3 Å². The number of halogens is 1. The molecule has 2 heterocycles. The third-order valence-electron chi connectivity index (χ3n) is 6.49. The highest BCUT2D eigenvalue weighted by Gasteiger charge is 2.21. The fraction of sp³-hybridized carbons (Fsp3) is 0.375. The Bertz CT molecular complexity index is 1310. The molecule has 0 radical (unpaired) electrons. The lowest BCUT2D eigenvalue weighted by Crippen LogP contribution is -2.31. The highest BCUT2D eigenvalue weighted by molar-refractivity contribution is 7.22. The van der Waals surface area contributed by atoms with Gasteiger partial charge >= 0.3 is 0 Å². The first kappa shape index (κ1) is 22.1. The number of fused-ring (bicyclic) bond motifs is 2. The molecule has 1 fully saturated rings. The van der Waals surface area contributed by atoms with Gasteiger partial charge in [-0.15, -0.1) is 0 Å². The zero-order chi connectivity index (χ0) is 22.9. The van der Waals surface area contributed by atoms with Crippen molar-refractivity contribution in [2.24, 2.45) is 18.9 Å². The van der Waals surface area contributed by atoms with Crippen LogP contribution in [0.4, 0.5) is 11.1 Å². The molecule has 0 atom stereocenters. The van der Waals surface area contributed by atoms with Crippen LogP contribution in [0.1, 0.15) is 36.0 Å². The molecule has 3 N–H and O–H groups in total. The van der Waals surface area contributed by atoms with E-state index < -0.39 is 0 Å². The van der Waals surface area contributed by atoms with Crippen LogP contribution < -0.4 is 10.6 Å². The summed E-state index contributed by atoms with van der Waals surface area (Å²) >= 11 is 7.60. The van der Waals surface area contributed by atoms with Crippen LogP contribution in [0, 0.1) is 11.8 Å². The number of aryl methyl sites for hydroxylation is 1. The zero-order valence-electron chi connectivity index (χ0n) is 18.3. The normalized spacial score (nSPS) is 18.6. The first-order chi connectivity index (χ1) is 16.0. The molecule has 9 heteroatoms. The van der Waals surface area contributed by atoms with Crippen molar-refractivity contribution in [1.82, 2.24) is 19.9 Å². The molecule has 1 saturated carbocycles. The number of benzene rings is 2. The molecule has 2 aromatic carbocycles. The van der Waals surface area contributed by atoms with Gasteiger partial charge in [-0.25, -0.2) is 9.97 Å². The van der Waals surface area contributed by atoms with Crippen molar-refractivity contribution >= 4 is 61.2 Å². The van der Waals surface area contributed by atoms with Crippen LogP contribution >= 0.6 is 22.9 Å². The van der Waals surface area contributed by atoms with Crippen molar-refractivity contribution in [2.45, 2.75) is 25.7 Å². The Hall–Kier alpha value is -2.68. The van der Waals surface area contributed by atoms with Crippen LogP contribution in [-0.4, -0.2) is 38.7 Å². The van der Waals surface area contributed by atoms with E-state index in [-0.39, 0.29) is 12.5 Å². The van der Waals surface area contributed by atoms with Gasteiger partial charge in [-0.05, 0) is 73.9 Å². The molecule has 0 spiro atoms. The Kier molecular flexibility index (Phi) is 6.23. The molecule has 4 aromatic rings. The maximum absolute atomic E-state index is 12.7. The van der Waals surface area contributed by atoms with E-state index in [0.717, 1.165) is 52.1 Å². The van der Waals surface area contributed by atoms with Gasteiger partial charge < -0.3 is 20.3 Å². The van der Waals surface area contributed by atoms with Crippen molar-refractivity contribution in [3.8, 4) is 0 Å². The smallest absolute Gasteiger partial charge is 0.251 e. The molecule has 0 aliphatic heterocycles. The second kappa shape index (κ2) is 9.29. The van der Waals surface area contributed by atoms with E-state index in [9.17, 15) is 9.90 Å². The van der Waals surface area contributed by atoms with E-state index in [1.807, 2.05) is 48.0 Å². The van der Waals surface area contributed by atoms with Gasteiger partial charge in [0.1, 0.15) is 0 Å². The highest BCUT2D eigenvalue weighted by atomic mass is 35.5. The number of imidazole rings is 1. The molecule has 5 rings (SSSR count). The van der Waals surface area contributed by atoms with Crippen LogP contribution in [0.25, 0.3) is 21.3 Å². The summed E-state index contributed by atoms with van der Waals surface area (Å²) in [5.41, 5.74) is 3.17. The Morgan fingerprint density at radius 3 is 2.70 bits per heavy atom. The van der Waals surface area contributed by atoms with Crippen LogP contribution in [0.15, 0.2) is 36.4 Å². The maximum atomic E-state index is 12.7. The number of aliphatic hydroxyl groups excluding tert-OH is 1. The number of aliphatic hydroxyl groups is 1. The Morgan fingerprint density at radius 1 is 1.12 bits per heavy atom. The number of hydrogen-bond donors (Lipinski definition) is 3. The molecule has 0 unspecified atom stereocenters. The molecule has 1 aliphatic carbocycles. The van der Waals surface area contributed by atoms with Crippen LogP contribution in [-0.2, 0) is 7.05 Å². The fourth-order valence-corrected chi connectivity index (χ4v) is 5.59. The average molecular weight is 484 g/mol. The standard InChI is InChI=1S/C24H26ClN5O2S/c1-30-20-9-6-16(22(32)26-12-14-2-4-15(13-31)5-3-14)10-19(20)27-23(30)29-24-28-18-8-7-17(25)11-21(18)33-24/h6-11,14-15,31H,2-5,12-13H2,1H3,(H,26,32)(H,27,28,29). The lowest BCUT2D eigenvalue weighted by molar-refractivity contribution is 0.0937. The Labute approximate surface area is 200 Å². The molecule has 0 bridgehead atoms. The third kappa shape index (κ3) is 4.69. The minimum Gasteiger partial charge on any atom is -0.396 e. The molecule has 1 aliphatic rings. The number of carbonyl (C=O) groups is 1. The number of nitrogens with zero attached hydrogens (tertiary/aromatic N) is 3. The van der Waals surface area contributed by atoms with E-state index >= 15 is 0 Å². The van der Waals surface area contributed by atoms with Crippen molar-refractivity contribution in [2.75, 3.05) is 18.5 Å². The van der Waals surface area contributed by atoms with E-state index in [1.54, 1.807) is 0 Å². The summed E-state index contributed by atoms with van der Waals surface area (Å²) in [7, 11) is 1.93. The summed E-state index contributed by atoms with van der Waals surface area (Å²) in [6.07, 6.45) is 4.18. The van der Waals surface area contributed by atoms with Gasteiger partial charge in [-0.3, -0.25) is 4.79 Å². The molecule has 1 amide bonds. The summed E-state index contributed by atoms with van der Waals surface area (Å²) in [6, 6.07) is 11.2. The Balaban J connectivity index is 1.28. The third-order valence-corrected chi connectivity index (χ3v) is 7.66. The summed E-state index contributed by atoms with van der Waals surface area (Å²) < 4.78 is 2.96. The number of thiazole rings is 1. The van der Waals surface area contributed by atoms with E-state index in [2.05, 4.69) is 15.6 Å². The summed E-state index contributed by atoms with van der Waals surface area (Å²) in [4.78, 5) is 22.0. The molecular formula is C24H26ClN5O2S. The molecule has 2 aromatic heterocycles. The van der Waals surface area contributed by atoms with Gasteiger partial charge in [-0.1, -0.05) is 22.9 Å². The maximum Gasteiger partial charge on any atom is 0.251 e. The minimum absolute atomic E-state index is 0.0793. The van der Waals surface area contributed by atoms with Gasteiger partial charge in [0, 0.05) is 30.8 Å². The number of nitrogens with one attached hydrogen (secondary N) is 2. The summed E-state index contributed by atoms with van der Waals surface area (Å²) in [6.45, 7) is 0.943. The number of carbonyl (C=O) groups excluding carboxylic acids is 1. The lowest BCUT2D eigenvalue weighted by Gasteiger charge is -2.27. The van der Waals surface area contributed by atoms with Crippen LogP contribution in [0.2, 0.25) is 5.02 Å². The second-order valence-corrected chi connectivity index (χ2v) is 10.2. The second-order valence-electron chi connectivity index (χ2n) is 8.73. The molecular weight excluding hydrogens is 458 g/mol. The van der Waals surface area contributed by atoms with Gasteiger partial charge in [0.25, 0.3) is 5.91 Å². The lowest BCUT2D eigenvalue weighted by atomic mass is 9.82. The predicted molar refractivity (Wildman–Crippen MR) is 133 cm³/mol. The van der Waals surface area contributed by atoms with E-state index in [1.165, 1.54) is 11.3 Å². The van der Waals surface area contributed by atoms with Crippen molar-refractivity contribution in [3.05, 3.63) is 47.0 Å². The molecule has 33 heavy (non-hydrogen) atoms. The Morgan fingerprint density at radius 2 is 1.91 bits per heavy atom. The van der Waals surface area contributed by atoms with Crippen molar-refractivity contribution in [3.63, 3.8) is 0 Å². The quantitative estimate of drug-likeness (QED) is 0.354. The van der Waals surface area contributed by atoms with Crippen LogP contribution in [0.5, 0.6) is 0 Å². The first-order valence-electron chi connectivity index (χ1n) is 11.2. The minimum atomic E-state index is -0.0793. The number of rotatable bonds is 6. The zero-order valence-corrected chi connectivity index (χ0v) is 19.9. The first-order valence-corrected chi connectivity index (χ1v) is 12.4. The van der Waals surface area contributed by atoms with E-state index in [4.69, 9.17) is 16.6 Å². The largest absolute Gasteiger partial charge is 0.396 e. The number of anilines is 2.